The summed E-state index contributed by atoms with van der Waals surface area (Å²) in [4.78, 5) is 29.8. The summed E-state index contributed by atoms with van der Waals surface area (Å²) in [5.74, 6) is -0.153. The highest BCUT2D eigenvalue weighted by atomic mass is 16.4. The van der Waals surface area contributed by atoms with E-state index in [1.54, 1.807) is 31.3 Å². The summed E-state index contributed by atoms with van der Waals surface area (Å²) in [5.41, 5.74) is 1.11. The van der Waals surface area contributed by atoms with Gasteiger partial charge in [0.15, 0.2) is 0 Å². The highest BCUT2D eigenvalue weighted by Gasteiger charge is 2.16. The van der Waals surface area contributed by atoms with Crippen molar-refractivity contribution in [1.82, 2.24) is 4.98 Å². The number of anilines is 1. The normalized spacial score (nSPS) is 10.7. The van der Waals surface area contributed by atoms with Crippen LogP contribution in [0.1, 0.15) is 12.0 Å². The molecule has 116 valence electrons. The molecule has 1 amide bonds. The van der Waals surface area contributed by atoms with Crippen molar-refractivity contribution in [2.45, 2.75) is 12.8 Å². The van der Waals surface area contributed by atoms with Crippen molar-refractivity contribution in [3.05, 3.63) is 70.6 Å². The van der Waals surface area contributed by atoms with E-state index in [0.29, 0.717) is 23.7 Å². The van der Waals surface area contributed by atoms with E-state index in [4.69, 9.17) is 4.42 Å². The minimum Gasteiger partial charge on any atom is -0.388 e. The third kappa shape index (κ3) is 3.29. The van der Waals surface area contributed by atoms with E-state index in [-0.39, 0.29) is 11.9 Å². The van der Waals surface area contributed by atoms with Gasteiger partial charge in [0.05, 0.1) is 10.9 Å². The molecule has 0 unspecified atom stereocenters. The predicted molar refractivity (Wildman–Crippen MR) is 88.5 cm³/mol. The third-order valence-electron chi connectivity index (χ3n) is 3.66. The smallest absolute Gasteiger partial charge is 0.348 e. The van der Waals surface area contributed by atoms with Crippen molar-refractivity contribution < 1.29 is 9.21 Å². The highest BCUT2D eigenvalue weighted by molar-refractivity contribution is 5.91. The molecule has 5 nitrogen and oxygen atoms in total. The van der Waals surface area contributed by atoms with Crippen molar-refractivity contribution in [3.8, 4) is 0 Å². The number of amides is 1. The lowest BCUT2D eigenvalue weighted by Gasteiger charge is -2.14. The first-order valence-corrected chi connectivity index (χ1v) is 7.35. The van der Waals surface area contributed by atoms with Gasteiger partial charge >= 0.3 is 11.6 Å². The maximum Gasteiger partial charge on any atom is 0.348 e. The molecule has 0 aliphatic carbocycles. The zero-order valence-electron chi connectivity index (χ0n) is 12.7. The largest absolute Gasteiger partial charge is 0.388 e. The van der Waals surface area contributed by atoms with Crippen LogP contribution in [0.3, 0.4) is 0 Å². The standard InChI is InChI=1S/C18H16N2O3/c1-20(16(21)12-11-13-7-3-2-4-8-13)18-19-15-10-6-5-9-14(15)17(22)23-18/h2-10H,11-12H2,1H3. The van der Waals surface area contributed by atoms with Gasteiger partial charge in [0, 0.05) is 13.5 Å². The Kier molecular flexibility index (Phi) is 4.19. The second-order valence-electron chi connectivity index (χ2n) is 5.24. The number of carbonyl (C=O) groups is 1. The molecule has 2 aromatic carbocycles. The van der Waals surface area contributed by atoms with Gasteiger partial charge in [-0.05, 0) is 24.1 Å². The maximum atomic E-state index is 12.3. The number of aromatic nitrogens is 1. The zero-order valence-corrected chi connectivity index (χ0v) is 12.7. The summed E-state index contributed by atoms with van der Waals surface area (Å²) in [7, 11) is 1.56. The number of benzene rings is 2. The van der Waals surface area contributed by atoms with Gasteiger partial charge < -0.3 is 4.42 Å². The summed E-state index contributed by atoms with van der Waals surface area (Å²) >= 11 is 0. The maximum absolute atomic E-state index is 12.3. The Morgan fingerprint density at radius 2 is 1.78 bits per heavy atom. The van der Waals surface area contributed by atoms with Crippen LogP contribution in [0.2, 0.25) is 0 Å². The predicted octanol–water partition coefficient (Wildman–Crippen LogP) is 2.78. The molecule has 0 aliphatic rings. The zero-order chi connectivity index (χ0) is 16.2. The number of hydrogen-bond donors (Lipinski definition) is 0. The summed E-state index contributed by atoms with van der Waals surface area (Å²) in [6, 6.07) is 16.7. The molecule has 0 radical (unpaired) electrons. The number of aryl methyl sites for hydroxylation is 1. The third-order valence-corrected chi connectivity index (χ3v) is 3.66. The SMILES string of the molecule is CN(C(=O)CCc1ccccc1)c1nc2ccccc2c(=O)o1. The van der Waals surface area contributed by atoms with Crippen molar-refractivity contribution in [2.75, 3.05) is 11.9 Å². The second kappa shape index (κ2) is 6.44. The van der Waals surface area contributed by atoms with E-state index in [2.05, 4.69) is 4.98 Å². The van der Waals surface area contributed by atoms with Crippen LogP contribution < -0.4 is 10.5 Å². The van der Waals surface area contributed by atoms with Crippen LogP contribution in [0.25, 0.3) is 10.9 Å². The Morgan fingerprint density at radius 1 is 1.09 bits per heavy atom. The van der Waals surface area contributed by atoms with Crippen LogP contribution in [-0.2, 0) is 11.2 Å². The number of nitrogens with zero attached hydrogens (tertiary/aromatic N) is 2. The highest BCUT2D eigenvalue weighted by Crippen LogP contribution is 2.14. The summed E-state index contributed by atoms with van der Waals surface area (Å²) in [6.45, 7) is 0. The van der Waals surface area contributed by atoms with Crippen LogP contribution in [0.5, 0.6) is 0 Å². The molecule has 0 bridgehead atoms. The first-order valence-electron chi connectivity index (χ1n) is 7.35. The van der Waals surface area contributed by atoms with Crippen molar-refractivity contribution in [3.63, 3.8) is 0 Å². The fraction of sp³-hybridized carbons (Fsp3) is 0.167. The molecule has 0 N–H and O–H groups in total. The van der Waals surface area contributed by atoms with Gasteiger partial charge in [-0.25, -0.2) is 4.79 Å². The Hall–Kier alpha value is -2.95. The van der Waals surface area contributed by atoms with Crippen LogP contribution in [-0.4, -0.2) is 17.9 Å². The topological polar surface area (TPSA) is 63.4 Å². The average Bonchev–Trinajstić information content (AvgIpc) is 2.60. The molecule has 0 saturated carbocycles. The van der Waals surface area contributed by atoms with Gasteiger partial charge in [0.2, 0.25) is 5.91 Å². The molecule has 5 heteroatoms. The van der Waals surface area contributed by atoms with E-state index in [9.17, 15) is 9.59 Å². The van der Waals surface area contributed by atoms with Gasteiger partial charge in [-0.1, -0.05) is 42.5 Å². The van der Waals surface area contributed by atoms with Gasteiger partial charge in [-0.3, -0.25) is 9.69 Å². The molecule has 0 atom stereocenters. The molecule has 3 aromatic rings. The van der Waals surface area contributed by atoms with Crippen LogP contribution in [0.4, 0.5) is 6.01 Å². The van der Waals surface area contributed by atoms with Crippen LogP contribution in [0.15, 0.2) is 63.8 Å². The fourth-order valence-corrected chi connectivity index (χ4v) is 2.32. The van der Waals surface area contributed by atoms with E-state index in [1.165, 1.54) is 4.90 Å². The molecule has 1 aromatic heterocycles. The van der Waals surface area contributed by atoms with Crippen LogP contribution in [0, 0.1) is 0 Å². The Morgan fingerprint density at radius 3 is 2.57 bits per heavy atom. The first-order chi connectivity index (χ1) is 11.1. The number of carbonyl (C=O) groups excluding carboxylic acids is 1. The molecule has 23 heavy (non-hydrogen) atoms. The van der Waals surface area contributed by atoms with Crippen molar-refractivity contribution >= 4 is 22.8 Å². The molecular weight excluding hydrogens is 292 g/mol. The van der Waals surface area contributed by atoms with E-state index >= 15 is 0 Å². The first kappa shape index (κ1) is 15.0. The molecule has 0 aliphatic heterocycles. The lowest BCUT2D eigenvalue weighted by atomic mass is 10.1. The summed E-state index contributed by atoms with van der Waals surface area (Å²) < 4.78 is 5.16. The van der Waals surface area contributed by atoms with E-state index < -0.39 is 5.63 Å². The monoisotopic (exact) mass is 308 g/mol. The molecular formula is C18H16N2O3. The van der Waals surface area contributed by atoms with Crippen LogP contribution >= 0.6 is 0 Å². The molecule has 0 fully saturated rings. The molecule has 0 spiro atoms. The number of para-hydroxylation sites is 1. The Bertz CT molecular complexity index is 887. The van der Waals surface area contributed by atoms with Gasteiger partial charge in [0.25, 0.3) is 0 Å². The number of hydrogen-bond acceptors (Lipinski definition) is 4. The lowest BCUT2D eigenvalue weighted by Crippen LogP contribution is -2.28. The number of rotatable bonds is 4. The second-order valence-corrected chi connectivity index (χ2v) is 5.24. The van der Waals surface area contributed by atoms with Crippen molar-refractivity contribution in [2.24, 2.45) is 0 Å². The Labute approximate surface area is 133 Å². The van der Waals surface area contributed by atoms with Gasteiger partial charge in [-0.15, -0.1) is 0 Å². The van der Waals surface area contributed by atoms with Gasteiger partial charge in [-0.2, -0.15) is 4.98 Å². The molecule has 1 heterocycles. The molecule has 3 rings (SSSR count). The van der Waals surface area contributed by atoms with Crippen molar-refractivity contribution in [1.29, 1.82) is 0 Å². The van der Waals surface area contributed by atoms with E-state index in [0.717, 1.165) is 5.56 Å². The quantitative estimate of drug-likeness (QED) is 0.743. The lowest BCUT2D eigenvalue weighted by molar-refractivity contribution is -0.118. The summed E-state index contributed by atoms with van der Waals surface area (Å²) in [5, 5.41) is 0.404. The Balaban J connectivity index is 1.78. The fourth-order valence-electron chi connectivity index (χ4n) is 2.32. The molecule has 0 saturated heterocycles. The van der Waals surface area contributed by atoms with Gasteiger partial charge in [0.1, 0.15) is 0 Å². The summed E-state index contributed by atoms with van der Waals surface area (Å²) in [6.07, 6.45) is 0.945. The van der Waals surface area contributed by atoms with E-state index in [1.807, 2.05) is 30.3 Å². The minimum atomic E-state index is -0.492. The number of fused-ring (bicyclic) bond motifs is 1. The minimum absolute atomic E-state index is 0.0201. The average molecular weight is 308 g/mol.